The molecule has 14 heavy (non-hydrogen) atoms. The maximum Gasteiger partial charge on any atom is 0.225 e. The van der Waals surface area contributed by atoms with Crippen LogP contribution in [0.3, 0.4) is 0 Å². The Morgan fingerprint density at radius 2 is 1.93 bits per heavy atom. The highest BCUT2D eigenvalue weighted by atomic mass is 35.5. The van der Waals surface area contributed by atoms with E-state index in [0.29, 0.717) is 19.4 Å². The molecule has 6 heteroatoms. The van der Waals surface area contributed by atoms with Crippen LogP contribution in [-0.4, -0.2) is 34.9 Å². The molecule has 3 unspecified atom stereocenters. The minimum Gasteiger partial charge on any atom is -0.390 e. The summed E-state index contributed by atoms with van der Waals surface area (Å²) in [5, 5.41) is 21.1. The molecule has 1 aliphatic carbocycles. The van der Waals surface area contributed by atoms with Crippen LogP contribution in [0.1, 0.15) is 19.8 Å². The van der Waals surface area contributed by atoms with Crippen molar-refractivity contribution >= 4 is 30.7 Å². The molecule has 1 rings (SSSR count). The molecule has 0 radical (unpaired) electrons. The second-order valence-corrected chi connectivity index (χ2v) is 3.14. The number of hydrogen-bond donors (Lipinski definition) is 3. The number of aliphatic hydroxyl groups is 2. The zero-order chi connectivity index (χ0) is 9.14. The van der Waals surface area contributed by atoms with Crippen molar-refractivity contribution in [1.29, 1.82) is 0 Å². The maximum absolute atomic E-state index is 11.2. The minimum absolute atomic E-state index is 0. The Kier molecular flexibility index (Phi) is 8.54. The highest BCUT2D eigenvalue weighted by Crippen LogP contribution is 2.25. The van der Waals surface area contributed by atoms with Crippen LogP contribution in [0, 0.1) is 5.92 Å². The monoisotopic (exact) mass is 245 g/mol. The Labute approximate surface area is 95.9 Å². The molecule has 1 amide bonds. The van der Waals surface area contributed by atoms with Crippen LogP contribution in [0.5, 0.6) is 0 Å². The van der Waals surface area contributed by atoms with Gasteiger partial charge in [0.1, 0.15) is 0 Å². The molecule has 0 heterocycles. The zero-order valence-corrected chi connectivity index (χ0v) is 9.61. The summed E-state index contributed by atoms with van der Waals surface area (Å²) < 4.78 is 0. The quantitative estimate of drug-likeness (QED) is 0.647. The third kappa shape index (κ3) is 3.61. The minimum atomic E-state index is -0.878. The van der Waals surface area contributed by atoms with Gasteiger partial charge in [-0.2, -0.15) is 0 Å². The molecule has 0 saturated heterocycles. The van der Waals surface area contributed by atoms with E-state index in [2.05, 4.69) is 5.32 Å². The first kappa shape index (κ1) is 16.4. The molecule has 4 nitrogen and oxygen atoms in total. The van der Waals surface area contributed by atoms with Gasteiger partial charge in [-0.25, -0.2) is 0 Å². The van der Waals surface area contributed by atoms with Crippen LogP contribution in [0.4, 0.5) is 0 Å². The topological polar surface area (TPSA) is 69.6 Å². The fraction of sp³-hybridized carbons (Fsp3) is 0.875. The first-order chi connectivity index (χ1) is 5.66. The Bertz CT molecular complexity index is 180. The fourth-order valence-corrected chi connectivity index (χ4v) is 1.55. The van der Waals surface area contributed by atoms with E-state index in [9.17, 15) is 9.90 Å². The molecule has 0 aromatic heterocycles. The standard InChI is InChI=1S/C8H15NO3.2ClH/c1-2-9-8(12)5-3-4-6(10)7(5)11;;/h5-7,10-11H,2-4H2,1H3,(H,9,12);2*1H. The molecule has 0 bridgehead atoms. The zero-order valence-electron chi connectivity index (χ0n) is 7.97. The average molecular weight is 246 g/mol. The summed E-state index contributed by atoms with van der Waals surface area (Å²) >= 11 is 0. The SMILES string of the molecule is CCNC(=O)C1CCC(O)C1O.Cl.Cl. The number of hydrogen-bond acceptors (Lipinski definition) is 3. The molecule has 0 aromatic rings. The summed E-state index contributed by atoms with van der Waals surface area (Å²) in [5.74, 6) is -0.568. The first-order valence-corrected chi connectivity index (χ1v) is 4.30. The largest absolute Gasteiger partial charge is 0.390 e. The van der Waals surface area contributed by atoms with Gasteiger partial charge in [0.15, 0.2) is 0 Å². The lowest BCUT2D eigenvalue weighted by molar-refractivity contribution is -0.128. The highest BCUT2D eigenvalue weighted by molar-refractivity contribution is 5.85. The van der Waals surface area contributed by atoms with Crippen molar-refractivity contribution in [3.63, 3.8) is 0 Å². The van der Waals surface area contributed by atoms with Crippen molar-refractivity contribution in [3.05, 3.63) is 0 Å². The second-order valence-electron chi connectivity index (χ2n) is 3.14. The lowest BCUT2D eigenvalue weighted by atomic mass is 10.1. The molecule has 3 N–H and O–H groups in total. The van der Waals surface area contributed by atoms with Gasteiger partial charge in [-0.1, -0.05) is 0 Å². The van der Waals surface area contributed by atoms with Crippen LogP contribution < -0.4 is 5.32 Å². The molecule has 86 valence electrons. The summed E-state index contributed by atoms with van der Waals surface area (Å²) in [5.41, 5.74) is 0. The number of carbonyl (C=O) groups is 1. The van der Waals surface area contributed by atoms with Crippen molar-refractivity contribution in [2.45, 2.75) is 32.0 Å². The predicted octanol–water partition coefficient (Wildman–Crippen LogP) is 0.0979. The predicted molar refractivity (Wildman–Crippen MR) is 57.9 cm³/mol. The normalized spacial score (nSPS) is 30.1. The summed E-state index contributed by atoms with van der Waals surface area (Å²) in [6.07, 6.45) is -0.508. The Balaban J connectivity index is 0. The van der Waals surface area contributed by atoms with E-state index in [4.69, 9.17) is 5.11 Å². The van der Waals surface area contributed by atoms with Gasteiger partial charge in [0.05, 0.1) is 18.1 Å². The smallest absolute Gasteiger partial charge is 0.225 e. The third-order valence-electron chi connectivity index (χ3n) is 2.27. The van der Waals surface area contributed by atoms with E-state index in [0.717, 1.165) is 0 Å². The van der Waals surface area contributed by atoms with Gasteiger partial charge in [0.2, 0.25) is 5.91 Å². The van der Waals surface area contributed by atoms with E-state index in [-0.39, 0.29) is 30.7 Å². The van der Waals surface area contributed by atoms with Crippen LogP contribution in [0.15, 0.2) is 0 Å². The summed E-state index contributed by atoms with van der Waals surface area (Å²) in [7, 11) is 0. The molecule has 0 aliphatic heterocycles. The number of amides is 1. The average Bonchev–Trinajstić information content (AvgIpc) is 2.34. The van der Waals surface area contributed by atoms with E-state index < -0.39 is 18.1 Å². The molecule has 0 aromatic carbocycles. The second kappa shape index (κ2) is 7.29. The van der Waals surface area contributed by atoms with Crippen molar-refractivity contribution in [2.75, 3.05) is 6.54 Å². The lowest BCUT2D eigenvalue weighted by Crippen LogP contribution is -2.37. The van der Waals surface area contributed by atoms with Crippen molar-refractivity contribution in [2.24, 2.45) is 5.92 Å². The molecular formula is C8H17Cl2NO3. The molecule has 3 atom stereocenters. The number of rotatable bonds is 2. The number of halogens is 2. The van der Waals surface area contributed by atoms with E-state index >= 15 is 0 Å². The molecule has 1 fully saturated rings. The summed E-state index contributed by atoms with van der Waals surface area (Å²) in [6, 6.07) is 0. The molecule has 0 spiro atoms. The molecular weight excluding hydrogens is 229 g/mol. The Morgan fingerprint density at radius 3 is 2.29 bits per heavy atom. The van der Waals surface area contributed by atoms with Gasteiger partial charge in [-0.3, -0.25) is 4.79 Å². The lowest BCUT2D eigenvalue weighted by Gasteiger charge is -2.15. The third-order valence-corrected chi connectivity index (χ3v) is 2.27. The van der Waals surface area contributed by atoms with Gasteiger partial charge >= 0.3 is 0 Å². The van der Waals surface area contributed by atoms with Gasteiger partial charge < -0.3 is 15.5 Å². The van der Waals surface area contributed by atoms with Crippen LogP contribution >= 0.6 is 24.8 Å². The number of nitrogens with one attached hydrogen (secondary N) is 1. The van der Waals surface area contributed by atoms with Gasteiger partial charge in [-0.05, 0) is 19.8 Å². The summed E-state index contributed by atoms with van der Waals surface area (Å²) in [4.78, 5) is 11.2. The first-order valence-electron chi connectivity index (χ1n) is 4.30. The highest BCUT2D eigenvalue weighted by Gasteiger charge is 2.37. The Hall–Kier alpha value is -0.0300. The van der Waals surface area contributed by atoms with Crippen LogP contribution in [0.2, 0.25) is 0 Å². The van der Waals surface area contributed by atoms with Crippen molar-refractivity contribution < 1.29 is 15.0 Å². The van der Waals surface area contributed by atoms with Crippen LogP contribution in [-0.2, 0) is 4.79 Å². The van der Waals surface area contributed by atoms with Gasteiger partial charge in [0.25, 0.3) is 0 Å². The molecule has 1 aliphatic rings. The van der Waals surface area contributed by atoms with Crippen molar-refractivity contribution in [3.8, 4) is 0 Å². The summed E-state index contributed by atoms with van der Waals surface area (Å²) in [6.45, 7) is 2.40. The van der Waals surface area contributed by atoms with Gasteiger partial charge in [0, 0.05) is 6.54 Å². The maximum atomic E-state index is 11.2. The Morgan fingerprint density at radius 1 is 1.36 bits per heavy atom. The van der Waals surface area contributed by atoms with E-state index in [1.807, 2.05) is 6.92 Å². The fourth-order valence-electron chi connectivity index (χ4n) is 1.55. The van der Waals surface area contributed by atoms with E-state index in [1.54, 1.807) is 0 Å². The van der Waals surface area contributed by atoms with Crippen molar-refractivity contribution in [1.82, 2.24) is 5.32 Å². The number of carbonyl (C=O) groups excluding carboxylic acids is 1. The van der Waals surface area contributed by atoms with Crippen LogP contribution in [0.25, 0.3) is 0 Å². The molecule has 1 saturated carbocycles. The number of aliphatic hydroxyl groups excluding tert-OH is 2. The van der Waals surface area contributed by atoms with Gasteiger partial charge in [-0.15, -0.1) is 24.8 Å². The van der Waals surface area contributed by atoms with E-state index in [1.165, 1.54) is 0 Å².